The van der Waals surface area contributed by atoms with Gasteiger partial charge in [0.2, 0.25) is 0 Å². The summed E-state index contributed by atoms with van der Waals surface area (Å²) in [5, 5.41) is 0.444. The van der Waals surface area contributed by atoms with Crippen molar-refractivity contribution >= 4 is 53.6 Å². The van der Waals surface area contributed by atoms with E-state index in [1.807, 2.05) is 37.3 Å². The highest BCUT2D eigenvalue weighted by Crippen LogP contribution is 2.50. The maximum atomic E-state index is 13.6. The van der Waals surface area contributed by atoms with Crippen molar-refractivity contribution in [3.05, 3.63) is 40.8 Å². The molecule has 0 atom stereocenters. The van der Waals surface area contributed by atoms with Crippen LogP contribution in [0.15, 0.2) is 30.3 Å². The molecule has 0 saturated heterocycles. The molecule has 0 aliphatic carbocycles. The fourth-order valence-electron chi connectivity index (χ4n) is 2.38. The molecule has 0 saturated carbocycles. The maximum Gasteiger partial charge on any atom is 0.419 e. The van der Waals surface area contributed by atoms with E-state index in [9.17, 15) is 13.2 Å². The summed E-state index contributed by atoms with van der Waals surface area (Å²) in [4.78, 5) is 5.51. The molecule has 3 aromatic heterocycles. The van der Waals surface area contributed by atoms with E-state index >= 15 is 0 Å². The van der Waals surface area contributed by atoms with Crippen LogP contribution in [0, 0.1) is 6.92 Å². The molecule has 4 aromatic rings. The largest absolute Gasteiger partial charge is 0.419 e. The Morgan fingerprint density at radius 1 is 1.00 bits per heavy atom. The molecule has 1 nitrogen and oxygen atoms in total. The number of aryl methyl sites for hydroxylation is 1. The summed E-state index contributed by atoms with van der Waals surface area (Å²) in [5.41, 5.74) is 0.202. The number of hydrogen-bond acceptors (Lipinski definition) is 4. The summed E-state index contributed by atoms with van der Waals surface area (Å²) < 4.78 is 42.6. The highest BCUT2D eigenvalue weighted by molar-refractivity contribution is 7.32. The molecule has 7 heteroatoms. The summed E-state index contributed by atoms with van der Waals surface area (Å²) in [6.45, 7) is 1.83. The van der Waals surface area contributed by atoms with Crippen LogP contribution in [-0.4, -0.2) is 4.98 Å². The van der Waals surface area contributed by atoms with E-state index in [0.717, 1.165) is 15.1 Å². The average Bonchev–Trinajstić information content (AvgIpc) is 3.06. The van der Waals surface area contributed by atoms with Gasteiger partial charge in [0.05, 0.1) is 25.4 Å². The smallest absolute Gasteiger partial charge is 0.235 e. The lowest BCUT2D eigenvalue weighted by Crippen LogP contribution is -2.04. The van der Waals surface area contributed by atoms with E-state index in [2.05, 4.69) is 4.98 Å². The molecule has 112 valence electrons. The van der Waals surface area contributed by atoms with Crippen molar-refractivity contribution in [2.45, 2.75) is 13.1 Å². The Morgan fingerprint density at radius 2 is 1.77 bits per heavy atom. The highest BCUT2D eigenvalue weighted by Gasteiger charge is 2.39. The van der Waals surface area contributed by atoms with Crippen LogP contribution in [0.25, 0.3) is 29.5 Å². The van der Waals surface area contributed by atoms with Gasteiger partial charge < -0.3 is 0 Å². The predicted molar refractivity (Wildman–Crippen MR) is 88.1 cm³/mol. The topological polar surface area (TPSA) is 12.9 Å². The number of rotatable bonds is 1. The Kier molecular flexibility index (Phi) is 3.08. The first-order valence-electron chi connectivity index (χ1n) is 6.39. The van der Waals surface area contributed by atoms with Gasteiger partial charge >= 0.3 is 6.18 Å². The maximum absolute atomic E-state index is 13.6. The first-order chi connectivity index (χ1) is 10.4. The molecule has 0 amide bonds. The second-order valence-corrected chi connectivity index (χ2v) is 8.18. The zero-order valence-electron chi connectivity index (χ0n) is 11.2. The van der Waals surface area contributed by atoms with Crippen LogP contribution in [-0.2, 0) is 6.18 Å². The monoisotopic (exact) mass is 355 g/mol. The van der Waals surface area contributed by atoms with Crippen LogP contribution in [0.3, 0.4) is 0 Å². The van der Waals surface area contributed by atoms with Crippen molar-refractivity contribution in [3.8, 4) is 9.88 Å². The second-order valence-electron chi connectivity index (χ2n) is 4.84. The van der Waals surface area contributed by atoms with Gasteiger partial charge in [0, 0.05) is 9.58 Å². The first-order valence-corrected chi connectivity index (χ1v) is 8.84. The van der Waals surface area contributed by atoms with Crippen molar-refractivity contribution in [3.63, 3.8) is 0 Å². The number of aromatic nitrogens is 1. The van der Waals surface area contributed by atoms with Crippen molar-refractivity contribution in [1.82, 2.24) is 4.98 Å². The van der Waals surface area contributed by atoms with Crippen molar-refractivity contribution in [1.29, 1.82) is 0 Å². The predicted octanol–water partition coefficient (Wildman–Crippen LogP) is 6.57. The molecule has 0 unspecified atom stereocenters. The zero-order chi connectivity index (χ0) is 15.5. The number of alkyl halides is 3. The Morgan fingerprint density at radius 3 is 2.50 bits per heavy atom. The number of nitrogens with zero attached hydrogens (tertiary/aromatic N) is 1. The van der Waals surface area contributed by atoms with Crippen LogP contribution in [0.5, 0.6) is 0 Å². The van der Waals surface area contributed by atoms with Gasteiger partial charge in [0.15, 0.2) is 0 Å². The Labute approximate surface area is 135 Å². The number of thiazole rings is 1. The minimum Gasteiger partial charge on any atom is -0.235 e. The summed E-state index contributed by atoms with van der Waals surface area (Å²) in [5.74, 6) is 0. The molecule has 1 aromatic carbocycles. The van der Waals surface area contributed by atoms with Crippen LogP contribution >= 0.6 is 34.0 Å². The lowest BCUT2D eigenvalue weighted by molar-refractivity contribution is -0.135. The fourth-order valence-corrected chi connectivity index (χ4v) is 6.01. The first kappa shape index (κ1) is 14.2. The molecule has 0 aliphatic rings. The minimum absolute atomic E-state index is 0.231. The third-order valence-electron chi connectivity index (χ3n) is 3.26. The minimum atomic E-state index is -4.37. The van der Waals surface area contributed by atoms with Crippen LogP contribution < -0.4 is 0 Å². The van der Waals surface area contributed by atoms with E-state index in [-0.39, 0.29) is 4.88 Å². The van der Waals surface area contributed by atoms with Gasteiger partial charge in [-0.2, -0.15) is 13.2 Å². The standard InChI is InChI=1S/C15H8F3NS3/c1-7-6-10-12(20-7)11(15(16,17)18)13(21-10)14-19-8-4-2-3-5-9(8)22-14/h2-6H,1H3. The van der Waals surface area contributed by atoms with E-state index in [1.165, 1.54) is 34.0 Å². The lowest BCUT2D eigenvalue weighted by atomic mass is 10.2. The quantitative estimate of drug-likeness (QED) is 0.376. The fraction of sp³-hybridized carbons (Fsp3) is 0.133. The molecule has 0 N–H and O–H groups in total. The van der Waals surface area contributed by atoms with Gasteiger partial charge in [-0.3, -0.25) is 0 Å². The molecule has 0 bridgehead atoms. The van der Waals surface area contributed by atoms with Crippen LogP contribution in [0.2, 0.25) is 0 Å². The van der Waals surface area contributed by atoms with Gasteiger partial charge in [0.1, 0.15) is 5.01 Å². The molecular weight excluding hydrogens is 347 g/mol. The molecule has 4 rings (SSSR count). The molecule has 0 radical (unpaired) electrons. The summed E-state index contributed by atoms with van der Waals surface area (Å²) >= 11 is 3.68. The third kappa shape index (κ3) is 2.15. The summed E-state index contributed by atoms with van der Waals surface area (Å²) in [6.07, 6.45) is -4.37. The van der Waals surface area contributed by atoms with Crippen molar-refractivity contribution in [2.24, 2.45) is 0 Å². The highest BCUT2D eigenvalue weighted by atomic mass is 32.1. The van der Waals surface area contributed by atoms with Gasteiger partial charge in [-0.15, -0.1) is 34.0 Å². The Hall–Kier alpha value is -1.44. The zero-order valence-corrected chi connectivity index (χ0v) is 13.6. The van der Waals surface area contributed by atoms with E-state index in [0.29, 0.717) is 14.4 Å². The van der Waals surface area contributed by atoms with E-state index in [4.69, 9.17) is 0 Å². The number of benzene rings is 1. The van der Waals surface area contributed by atoms with Crippen LogP contribution in [0.4, 0.5) is 13.2 Å². The Balaban J connectivity index is 2.03. The molecule has 0 fully saturated rings. The molecule has 22 heavy (non-hydrogen) atoms. The SMILES string of the molecule is Cc1cc2sc(-c3nc4ccccc4s3)c(C(F)(F)F)c2s1. The normalized spacial score (nSPS) is 12.5. The van der Waals surface area contributed by atoms with Gasteiger partial charge in [-0.05, 0) is 25.1 Å². The average molecular weight is 355 g/mol. The number of thiophene rings is 2. The lowest BCUT2D eigenvalue weighted by Gasteiger charge is -2.06. The number of halogens is 3. The number of para-hydroxylation sites is 1. The van der Waals surface area contributed by atoms with Crippen molar-refractivity contribution < 1.29 is 13.2 Å². The van der Waals surface area contributed by atoms with Crippen LogP contribution in [0.1, 0.15) is 10.4 Å². The molecule has 0 aliphatic heterocycles. The summed E-state index contributed by atoms with van der Waals surface area (Å²) in [7, 11) is 0. The number of fused-ring (bicyclic) bond motifs is 2. The molecule has 0 spiro atoms. The van der Waals surface area contributed by atoms with E-state index < -0.39 is 11.7 Å². The number of hydrogen-bond donors (Lipinski definition) is 0. The summed E-state index contributed by atoms with van der Waals surface area (Å²) in [6, 6.07) is 9.22. The second kappa shape index (κ2) is 4.78. The van der Waals surface area contributed by atoms with Crippen molar-refractivity contribution in [2.75, 3.05) is 0 Å². The van der Waals surface area contributed by atoms with E-state index in [1.54, 1.807) is 0 Å². The third-order valence-corrected chi connectivity index (χ3v) is 6.78. The Bertz CT molecular complexity index is 958. The van der Waals surface area contributed by atoms with Gasteiger partial charge in [-0.25, -0.2) is 4.98 Å². The van der Waals surface area contributed by atoms with Gasteiger partial charge in [-0.1, -0.05) is 12.1 Å². The molecular formula is C15H8F3NS3. The molecule has 3 heterocycles. The van der Waals surface area contributed by atoms with Gasteiger partial charge in [0.25, 0.3) is 0 Å².